The fourth-order valence-electron chi connectivity index (χ4n) is 3.96. The summed E-state index contributed by atoms with van der Waals surface area (Å²) < 4.78 is 7.20. The number of benzene rings is 2. The molecule has 1 aromatic heterocycles. The summed E-state index contributed by atoms with van der Waals surface area (Å²) in [5, 5.41) is 9.27. The molecule has 0 bridgehead atoms. The maximum Gasteiger partial charge on any atom is 0.119 e. The summed E-state index contributed by atoms with van der Waals surface area (Å²) in [6.07, 6.45) is 4.61. The summed E-state index contributed by atoms with van der Waals surface area (Å²) in [6, 6.07) is 15.8. The van der Waals surface area contributed by atoms with Gasteiger partial charge in [0.2, 0.25) is 0 Å². The van der Waals surface area contributed by atoms with Gasteiger partial charge in [-0.1, -0.05) is 29.8 Å². The van der Waals surface area contributed by atoms with E-state index in [2.05, 4.69) is 23.5 Å². The van der Waals surface area contributed by atoms with Crippen molar-refractivity contribution in [3.63, 3.8) is 0 Å². The minimum atomic E-state index is 0.717. The van der Waals surface area contributed by atoms with Gasteiger partial charge in [0.15, 0.2) is 0 Å². The summed E-state index contributed by atoms with van der Waals surface area (Å²) in [6.45, 7) is 4.17. The molecule has 0 amide bonds. The number of nitrogens with zero attached hydrogens (tertiary/aromatic N) is 3. The second-order valence-corrected chi connectivity index (χ2v) is 8.41. The molecule has 0 unspecified atom stereocenters. The number of rotatable bonds is 7. The van der Waals surface area contributed by atoms with Crippen LogP contribution in [0.1, 0.15) is 18.4 Å². The Kier molecular flexibility index (Phi) is 6.72. The lowest BCUT2D eigenvalue weighted by Gasteiger charge is -2.29. The second-order valence-electron chi connectivity index (χ2n) is 8.00. The van der Waals surface area contributed by atoms with Gasteiger partial charge in [-0.25, -0.2) is 4.68 Å². The third kappa shape index (κ3) is 4.86. The van der Waals surface area contributed by atoms with Crippen molar-refractivity contribution in [1.82, 2.24) is 20.0 Å². The van der Waals surface area contributed by atoms with Gasteiger partial charge >= 0.3 is 0 Å². The number of halogens is 1. The molecule has 2 heterocycles. The van der Waals surface area contributed by atoms with Crippen LogP contribution in [0.5, 0.6) is 5.75 Å². The number of hydrogen-bond acceptors (Lipinski definition) is 4. The molecule has 1 saturated heterocycles. The lowest BCUT2D eigenvalue weighted by atomic mass is 9.97. The van der Waals surface area contributed by atoms with Crippen LogP contribution in [0.25, 0.3) is 16.9 Å². The van der Waals surface area contributed by atoms with Crippen molar-refractivity contribution in [2.45, 2.75) is 19.4 Å². The van der Waals surface area contributed by atoms with Gasteiger partial charge in [-0.3, -0.25) is 0 Å². The highest BCUT2D eigenvalue weighted by atomic mass is 35.5. The van der Waals surface area contributed by atoms with Crippen LogP contribution in [0.3, 0.4) is 0 Å². The molecule has 0 spiro atoms. The zero-order valence-corrected chi connectivity index (χ0v) is 18.4. The molecule has 5 nitrogen and oxygen atoms in total. The van der Waals surface area contributed by atoms with Crippen molar-refractivity contribution in [1.29, 1.82) is 0 Å². The molecule has 158 valence electrons. The fourth-order valence-corrected chi connectivity index (χ4v) is 4.19. The SMILES string of the molecule is COc1ccc(-n2cc(CNCC3CCN(C)CC3)c(-c3ccccc3Cl)n2)cc1. The molecule has 6 heteroatoms. The van der Waals surface area contributed by atoms with Crippen molar-refractivity contribution in [3.05, 3.63) is 65.3 Å². The smallest absolute Gasteiger partial charge is 0.119 e. The number of methoxy groups -OCH3 is 1. The molecule has 1 fully saturated rings. The van der Waals surface area contributed by atoms with Crippen LogP contribution in [0.15, 0.2) is 54.7 Å². The Labute approximate surface area is 183 Å². The number of aromatic nitrogens is 2. The van der Waals surface area contributed by atoms with Gasteiger partial charge in [0.1, 0.15) is 5.75 Å². The van der Waals surface area contributed by atoms with Crippen LogP contribution in [0.4, 0.5) is 0 Å². The molecule has 1 aliphatic heterocycles. The lowest BCUT2D eigenvalue weighted by molar-refractivity contribution is 0.216. The molecule has 2 aromatic carbocycles. The van der Waals surface area contributed by atoms with E-state index in [0.717, 1.165) is 47.3 Å². The highest BCUT2D eigenvalue weighted by molar-refractivity contribution is 6.33. The van der Waals surface area contributed by atoms with Gasteiger partial charge < -0.3 is 15.0 Å². The van der Waals surface area contributed by atoms with Gasteiger partial charge in [0.25, 0.3) is 0 Å². The summed E-state index contributed by atoms with van der Waals surface area (Å²) in [5.41, 5.74) is 4.02. The van der Waals surface area contributed by atoms with Gasteiger partial charge in [-0.05, 0) is 75.8 Å². The lowest BCUT2D eigenvalue weighted by Crippen LogP contribution is -2.34. The van der Waals surface area contributed by atoms with E-state index in [4.69, 9.17) is 21.4 Å². The Balaban J connectivity index is 1.55. The van der Waals surface area contributed by atoms with E-state index in [9.17, 15) is 0 Å². The van der Waals surface area contributed by atoms with Crippen molar-refractivity contribution in [2.24, 2.45) is 5.92 Å². The highest BCUT2D eigenvalue weighted by Gasteiger charge is 2.18. The summed E-state index contributed by atoms with van der Waals surface area (Å²) in [4.78, 5) is 2.41. The topological polar surface area (TPSA) is 42.3 Å². The maximum absolute atomic E-state index is 6.50. The first kappa shape index (κ1) is 20.9. The van der Waals surface area contributed by atoms with Crippen LogP contribution in [-0.2, 0) is 6.54 Å². The van der Waals surface area contributed by atoms with E-state index in [1.54, 1.807) is 7.11 Å². The molecule has 0 aliphatic carbocycles. The van der Waals surface area contributed by atoms with Crippen LogP contribution in [0, 0.1) is 5.92 Å². The first-order valence-electron chi connectivity index (χ1n) is 10.5. The Morgan fingerprint density at radius 2 is 1.83 bits per heavy atom. The van der Waals surface area contributed by atoms with E-state index in [0.29, 0.717) is 5.02 Å². The molecule has 3 aromatic rings. The predicted molar refractivity (Wildman–Crippen MR) is 122 cm³/mol. The zero-order chi connectivity index (χ0) is 20.9. The number of likely N-dealkylation sites (tertiary alicyclic amines) is 1. The largest absolute Gasteiger partial charge is 0.497 e. The van der Waals surface area contributed by atoms with Crippen molar-refractivity contribution in [3.8, 4) is 22.7 Å². The van der Waals surface area contributed by atoms with Crippen molar-refractivity contribution < 1.29 is 4.74 Å². The Hall–Kier alpha value is -2.34. The molecule has 4 rings (SSSR count). The van der Waals surface area contributed by atoms with Crippen LogP contribution in [0.2, 0.25) is 5.02 Å². The standard InChI is InChI=1S/C24H29ClN4O/c1-28-13-11-18(12-14-28)15-26-16-19-17-29(20-7-9-21(30-2)10-8-20)27-24(19)22-5-3-4-6-23(22)25/h3-10,17-18,26H,11-16H2,1-2H3. The molecule has 1 aliphatic rings. The van der Waals surface area contributed by atoms with Crippen LogP contribution in [-0.4, -0.2) is 48.5 Å². The van der Waals surface area contributed by atoms with Gasteiger partial charge in [0, 0.05) is 23.9 Å². The van der Waals surface area contributed by atoms with E-state index < -0.39 is 0 Å². The first-order valence-corrected chi connectivity index (χ1v) is 10.9. The normalized spacial score (nSPS) is 15.4. The average Bonchev–Trinajstić information content (AvgIpc) is 3.19. The zero-order valence-electron chi connectivity index (χ0n) is 17.6. The molecule has 30 heavy (non-hydrogen) atoms. The monoisotopic (exact) mass is 424 g/mol. The Morgan fingerprint density at radius 3 is 2.53 bits per heavy atom. The van der Waals surface area contributed by atoms with E-state index in [1.807, 2.05) is 53.2 Å². The van der Waals surface area contributed by atoms with Crippen molar-refractivity contribution >= 4 is 11.6 Å². The first-order chi connectivity index (χ1) is 14.6. The molecule has 1 N–H and O–H groups in total. The summed E-state index contributed by atoms with van der Waals surface area (Å²) in [5.74, 6) is 1.57. The van der Waals surface area contributed by atoms with Gasteiger partial charge in [-0.2, -0.15) is 5.10 Å². The summed E-state index contributed by atoms with van der Waals surface area (Å²) in [7, 11) is 3.87. The fraction of sp³-hybridized carbons (Fsp3) is 0.375. The number of nitrogens with one attached hydrogen (secondary N) is 1. The number of hydrogen-bond donors (Lipinski definition) is 1. The second kappa shape index (κ2) is 9.65. The average molecular weight is 425 g/mol. The van der Waals surface area contributed by atoms with Gasteiger partial charge in [-0.15, -0.1) is 0 Å². The van der Waals surface area contributed by atoms with Crippen molar-refractivity contribution in [2.75, 3.05) is 33.8 Å². The third-order valence-electron chi connectivity index (χ3n) is 5.84. The van der Waals surface area contributed by atoms with Crippen LogP contribution < -0.4 is 10.1 Å². The van der Waals surface area contributed by atoms with E-state index in [-0.39, 0.29) is 0 Å². The predicted octanol–water partition coefficient (Wildman–Crippen LogP) is 4.63. The Morgan fingerprint density at radius 1 is 1.10 bits per heavy atom. The van der Waals surface area contributed by atoms with E-state index >= 15 is 0 Å². The molecular formula is C24H29ClN4O. The molecule has 0 radical (unpaired) electrons. The molecular weight excluding hydrogens is 396 g/mol. The minimum Gasteiger partial charge on any atom is -0.497 e. The minimum absolute atomic E-state index is 0.717. The number of ether oxygens (including phenoxy) is 1. The molecule has 0 atom stereocenters. The highest BCUT2D eigenvalue weighted by Crippen LogP contribution is 2.30. The van der Waals surface area contributed by atoms with Gasteiger partial charge in [0.05, 0.1) is 23.5 Å². The Bertz CT molecular complexity index is 962. The number of piperidine rings is 1. The quantitative estimate of drug-likeness (QED) is 0.600. The van der Waals surface area contributed by atoms with Crippen LogP contribution >= 0.6 is 11.6 Å². The third-order valence-corrected chi connectivity index (χ3v) is 6.17. The molecule has 0 saturated carbocycles. The summed E-state index contributed by atoms with van der Waals surface area (Å²) >= 11 is 6.50. The maximum atomic E-state index is 6.50. The van der Waals surface area contributed by atoms with E-state index in [1.165, 1.54) is 25.9 Å².